The number of methoxy groups -OCH3 is 1. The van der Waals surface area contributed by atoms with E-state index in [1.54, 1.807) is 18.0 Å². The third kappa shape index (κ3) is 2.85. The molecule has 0 saturated heterocycles. The molecule has 25 heavy (non-hydrogen) atoms. The summed E-state index contributed by atoms with van der Waals surface area (Å²) in [6.45, 7) is 0.402. The van der Waals surface area contributed by atoms with Crippen molar-refractivity contribution in [1.82, 2.24) is 20.1 Å². The van der Waals surface area contributed by atoms with Gasteiger partial charge in [-0.2, -0.15) is 5.10 Å². The Kier molecular flexibility index (Phi) is 3.89. The number of nitrogens with two attached hydrogens (primary N) is 1. The van der Waals surface area contributed by atoms with E-state index in [1.807, 2.05) is 30.5 Å². The zero-order chi connectivity index (χ0) is 17.4. The average Bonchev–Trinajstić information content (AvgIpc) is 3.24. The van der Waals surface area contributed by atoms with Gasteiger partial charge in [0.1, 0.15) is 5.75 Å². The van der Waals surface area contributed by atoms with E-state index in [0.29, 0.717) is 18.1 Å². The topological polar surface area (TPSA) is 95.1 Å². The number of hydrogen-bond donors (Lipinski definition) is 2. The minimum absolute atomic E-state index is 0.0111. The van der Waals surface area contributed by atoms with Gasteiger partial charge in [0.05, 0.1) is 25.0 Å². The number of carbonyl (C=O) groups is 1. The molecule has 3 N–H and O–H groups in total. The molecule has 0 spiro atoms. The largest absolute Gasteiger partial charge is 0.497 e. The molecule has 7 nitrogen and oxygen atoms in total. The van der Waals surface area contributed by atoms with Crippen LogP contribution >= 0.6 is 11.3 Å². The molecule has 3 aromatic rings. The maximum Gasteiger partial charge on any atom is 0.221 e. The summed E-state index contributed by atoms with van der Waals surface area (Å²) in [5, 5.41) is 7.74. The number of nitrogens with one attached hydrogen (secondary N) is 1. The number of carbonyl (C=O) groups excluding carboxylic acids is 1. The lowest BCUT2D eigenvalue weighted by Gasteiger charge is -2.19. The molecule has 0 bridgehead atoms. The summed E-state index contributed by atoms with van der Waals surface area (Å²) in [6.07, 6.45) is 3.93. The Morgan fingerprint density at radius 1 is 1.44 bits per heavy atom. The van der Waals surface area contributed by atoms with Crippen LogP contribution in [0.2, 0.25) is 0 Å². The van der Waals surface area contributed by atoms with Gasteiger partial charge in [0, 0.05) is 29.6 Å². The van der Waals surface area contributed by atoms with Crippen molar-refractivity contribution in [2.75, 3.05) is 12.8 Å². The highest BCUT2D eigenvalue weighted by atomic mass is 32.1. The van der Waals surface area contributed by atoms with Gasteiger partial charge < -0.3 is 15.8 Å². The molecule has 8 heteroatoms. The highest BCUT2D eigenvalue weighted by Gasteiger charge is 2.30. The Labute approximate surface area is 148 Å². The molecule has 0 fully saturated rings. The molecule has 1 aromatic carbocycles. The van der Waals surface area contributed by atoms with Gasteiger partial charge in [-0.25, -0.2) is 9.67 Å². The van der Waals surface area contributed by atoms with Crippen LogP contribution in [0.25, 0.3) is 5.69 Å². The molecule has 4 rings (SSSR count). The van der Waals surface area contributed by atoms with Crippen molar-refractivity contribution < 1.29 is 9.53 Å². The SMILES string of the molecule is COc1ccc(-n2cccn2)c(C2CC(=O)NCc3nc(N)sc32)c1. The predicted molar refractivity (Wildman–Crippen MR) is 94.9 cm³/mol. The Morgan fingerprint density at radius 2 is 2.32 bits per heavy atom. The lowest BCUT2D eigenvalue weighted by molar-refractivity contribution is -0.121. The van der Waals surface area contributed by atoms with Crippen LogP contribution in [-0.2, 0) is 11.3 Å². The zero-order valence-electron chi connectivity index (χ0n) is 13.6. The number of anilines is 1. The first-order valence-electron chi connectivity index (χ1n) is 7.85. The number of nitrogens with zero attached hydrogens (tertiary/aromatic N) is 3. The molecule has 1 amide bonds. The Balaban J connectivity index is 1.91. The van der Waals surface area contributed by atoms with Gasteiger partial charge in [0.2, 0.25) is 5.91 Å². The van der Waals surface area contributed by atoms with E-state index in [0.717, 1.165) is 27.6 Å². The van der Waals surface area contributed by atoms with Crippen molar-refractivity contribution in [1.29, 1.82) is 0 Å². The van der Waals surface area contributed by atoms with E-state index in [2.05, 4.69) is 15.4 Å². The number of amides is 1. The van der Waals surface area contributed by atoms with Crippen LogP contribution in [0.1, 0.15) is 28.5 Å². The van der Waals surface area contributed by atoms with Gasteiger partial charge in [0.15, 0.2) is 5.13 Å². The van der Waals surface area contributed by atoms with Crippen molar-refractivity contribution >= 4 is 22.4 Å². The van der Waals surface area contributed by atoms with Gasteiger partial charge in [-0.15, -0.1) is 11.3 Å². The Morgan fingerprint density at radius 3 is 3.08 bits per heavy atom. The van der Waals surface area contributed by atoms with Gasteiger partial charge in [-0.3, -0.25) is 4.79 Å². The van der Waals surface area contributed by atoms with Crippen LogP contribution < -0.4 is 15.8 Å². The van der Waals surface area contributed by atoms with Crippen LogP contribution in [0, 0.1) is 0 Å². The molecule has 0 aliphatic carbocycles. The second kappa shape index (κ2) is 6.21. The number of nitrogen functional groups attached to an aromatic ring is 1. The highest BCUT2D eigenvalue weighted by Crippen LogP contribution is 2.40. The van der Waals surface area contributed by atoms with Gasteiger partial charge in [-0.05, 0) is 29.8 Å². The molecule has 1 unspecified atom stereocenters. The minimum Gasteiger partial charge on any atom is -0.497 e. The predicted octanol–water partition coefficient (Wildman–Crippen LogP) is 2.07. The van der Waals surface area contributed by atoms with E-state index >= 15 is 0 Å². The van der Waals surface area contributed by atoms with Gasteiger partial charge in [-0.1, -0.05) is 0 Å². The number of thiazole rings is 1. The minimum atomic E-state index is -0.151. The average molecular weight is 355 g/mol. The van der Waals surface area contributed by atoms with Crippen LogP contribution in [-0.4, -0.2) is 27.8 Å². The number of benzene rings is 1. The second-order valence-corrected chi connectivity index (χ2v) is 6.83. The smallest absolute Gasteiger partial charge is 0.221 e. The lowest BCUT2D eigenvalue weighted by Crippen LogP contribution is -2.21. The first-order chi connectivity index (χ1) is 12.2. The fourth-order valence-electron chi connectivity index (χ4n) is 3.12. The summed E-state index contributed by atoms with van der Waals surface area (Å²) in [6, 6.07) is 7.66. The molecular formula is C17H17N5O2S. The molecule has 0 saturated carbocycles. The quantitative estimate of drug-likeness (QED) is 0.750. The van der Waals surface area contributed by atoms with Crippen LogP contribution in [0.15, 0.2) is 36.7 Å². The van der Waals surface area contributed by atoms with E-state index in [-0.39, 0.29) is 11.8 Å². The third-order valence-corrected chi connectivity index (χ3v) is 5.30. The molecule has 128 valence electrons. The number of ether oxygens (including phenoxy) is 1. The molecule has 3 heterocycles. The first-order valence-corrected chi connectivity index (χ1v) is 8.67. The summed E-state index contributed by atoms with van der Waals surface area (Å²) in [7, 11) is 1.63. The van der Waals surface area contributed by atoms with Crippen LogP contribution in [0.4, 0.5) is 5.13 Å². The third-order valence-electron chi connectivity index (χ3n) is 4.26. The molecular weight excluding hydrogens is 338 g/mol. The van der Waals surface area contributed by atoms with Crippen molar-refractivity contribution in [2.24, 2.45) is 0 Å². The maximum atomic E-state index is 12.3. The molecule has 1 aliphatic rings. The first kappa shape index (κ1) is 15.6. The molecule has 1 aliphatic heterocycles. The van der Waals surface area contributed by atoms with Crippen molar-refractivity contribution in [3.05, 3.63) is 52.8 Å². The number of aromatic nitrogens is 3. The fourth-order valence-corrected chi connectivity index (χ4v) is 4.09. The van der Waals surface area contributed by atoms with Gasteiger partial charge >= 0.3 is 0 Å². The lowest BCUT2D eigenvalue weighted by atomic mass is 9.91. The van der Waals surface area contributed by atoms with Crippen LogP contribution in [0.3, 0.4) is 0 Å². The second-order valence-electron chi connectivity index (χ2n) is 5.77. The number of fused-ring (bicyclic) bond motifs is 1. The van der Waals surface area contributed by atoms with E-state index in [9.17, 15) is 4.79 Å². The zero-order valence-corrected chi connectivity index (χ0v) is 14.4. The van der Waals surface area contributed by atoms with Crippen molar-refractivity contribution in [3.8, 4) is 11.4 Å². The monoisotopic (exact) mass is 355 g/mol. The summed E-state index contributed by atoms with van der Waals surface area (Å²) < 4.78 is 7.20. The Hall–Kier alpha value is -2.87. The summed E-state index contributed by atoms with van der Waals surface area (Å²) >= 11 is 1.43. The van der Waals surface area contributed by atoms with Crippen molar-refractivity contribution in [2.45, 2.75) is 18.9 Å². The standard InChI is InChI=1S/C17H17N5O2S/c1-24-10-3-4-14(22-6-2-5-20-22)11(7-10)12-8-15(23)19-9-13-16(12)25-17(18)21-13/h2-7,12H,8-9H2,1H3,(H2,18,21)(H,19,23). The number of rotatable bonds is 3. The Bertz CT molecular complexity index is 919. The van der Waals surface area contributed by atoms with E-state index in [1.165, 1.54) is 11.3 Å². The fraction of sp³-hybridized carbons (Fsp3) is 0.235. The maximum absolute atomic E-state index is 12.3. The highest BCUT2D eigenvalue weighted by molar-refractivity contribution is 7.15. The van der Waals surface area contributed by atoms with Gasteiger partial charge in [0.25, 0.3) is 0 Å². The van der Waals surface area contributed by atoms with E-state index in [4.69, 9.17) is 10.5 Å². The van der Waals surface area contributed by atoms with Crippen LogP contribution in [0.5, 0.6) is 5.75 Å². The summed E-state index contributed by atoms with van der Waals surface area (Å²) in [5.41, 5.74) is 8.62. The summed E-state index contributed by atoms with van der Waals surface area (Å²) in [4.78, 5) is 17.6. The number of hydrogen-bond acceptors (Lipinski definition) is 6. The molecule has 0 radical (unpaired) electrons. The molecule has 2 aromatic heterocycles. The molecule has 1 atom stereocenters. The van der Waals surface area contributed by atoms with Crippen molar-refractivity contribution in [3.63, 3.8) is 0 Å². The van der Waals surface area contributed by atoms with E-state index < -0.39 is 0 Å². The summed E-state index contributed by atoms with van der Waals surface area (Å²) in [5.74, 6) is 0.569. The normalized spacial score (nSPS) is 16.8.